The zero-order valence-electron chi connectivity index (χ0n) is 67.2. The van der Waals surface area contributed by atoms with Gasteiger partial charge in [0.15, 0.2) is 0 Å². The van der Waals surface area contributed by atoms with E-state index in [1.165, 1.54) is 353 Å². The summed E-state index contributed by atoms with van der Waals surface area (Å²) in [5, 5.41) is 0. The lowest BCUT2D eigenvalue weighted by Crippen LogP contribution is -2.26. The molecule has 0 saturated carbocycles. The number of benzene rings is 9. The van der Waals surface area contributed by atoms with Gasteiger partial charge in [0.25, 0.3) is 0 Å². The monoisotopic (exact) mass is 1410 g/mol. The highest BCUT2D eigenvalue weighted by Crippen LogP contribution is 2.60. The molecule has 0 aliphatic heterocycles. The molecule has 3 aliphatic rings. The fraction of sp³-hybridized carbons (Fsp3) is 0.486. The molecule has 0 heterocycles. The average Bonchev–Trinajstić information content (AvgIpc) is 1.58. The Morgan fingerprint density at radius 1 is 0.179 bits per heavy atom. The second-order valence-corrected chi connectivity index (χ2v) is 33.3. The maximum atomic E-state index is 2.78. The molecule has 1 nitrogen and oxygen atoms in total. The molecule has 3 aliphatic carbocycles. The highest BCUT2D eigenvalue weighted by molar-refractivity contribution is 5.91. The number of hydrogen-bond donors (Lipinski definition) is 0. The first-order valence-corrected chi connectivity index (χ1v) is 44.2. The summed E-state index contributed by atoms with van der Waals surface area (Å²) in [5.41, 5.74) is 30.2. The van der Waals surface area contributed by atoms with Crippen LogP contribution in [0.1, 0.15) is 345 Å². The Balaban J connectivity index is 0.948. The minimum Gasteiger partial charge on any atom is -0.311 e. The van der Waals surface area contributed by atoms with E-state index in [9.17, 15) is 0 Å². The molecular formula is C105H135N. The molecular weight excluding hydrogens is 1280 g/mol. The van der Waals surface area contributed by atoms with Crippen molar-refractivity contribution in [2.75, 3.05) is 4.90 Å². The van der Waals surface area contributed by atoms with Crippen molar-refractivity contribution in [3.8, 4) is 66.8 Å². The van der Waals surface area contributed by atoms with Crippen molar-refractivity contribution in [1.29, 1.82) is 0 Å². The van der Waals surface area contributed by atoms with Crippen LogP contribution in [0.4, 0.5) is 17.1 Å². The SMILES string of the molecule is CCCCCCCCC1(CCCCCCCC)c2ccccc2-c2ccc(-c3ccc4c(c3)C(CCCCCCCC)(CCCCCCCC)c3cc(-c5ccc6c(c5)C(CCCCCCCC)(CCCCCCCC)c5cc(-c7ccc(N(c8ccccc8)c8ccccc8)cc7)ccc5-6)ccc3-4)cc21. The van der Waals surface area contributed by atoms with Gasteiger partial charge in [-0.05, 0) is 205 Å². The second-order valence-electron chi connectivity index (χ2n) is 33.3. The van der Waals surface area contributed by atoms with Crippen LogP contribution >= 0.6 is 0 Å². The van der Waals surface area contributed by atoms with E-state index >= 15 is 0 Å². The Morgan fingerprint density at radius 2 is 0.387 bits per heavy atom. The third-order valence-corrected chi connectivity index (χ3v) is 25.9. The first kappa shape index (κ1) is 78.4. The highest BCUT2D eigenvalue weighted by atomic mass is 15.1. The van der Waals surface area contributed by atoms with E-state index in [2.05, 4.69) is 247 Å². The van der Waals surface area contributed by atoms with Gasteiger partial charge >= 0.3 is 0 Å². The quantitative estimate of drug-likeness (QED) is 0.0344. The summed E-state index contributed by atoms with van der Waals surface area (Å²) < 4.78 is 0. The van der Waals surface area contributed by atoms with Gasteiger partial charge in [-0.1, -0.05) is 406 Å². The molecule has 1 heteroatoms. The Hall–Kier alpha value is -7.22. The summed E-state index contributed by atoms with van der Waals surface area (Å²) >= 11 is 0. The van der Waals surface area contributed by atoms with Crippen LogP contribution in [0.3, 0.4) is 0 Å². The Bertz CT molecular complexity index is 4040. The minimum atomic E-state index is -0.0747. The van der Waals surface area contributed by atoms with Crippen LogP contribution in [0, 0.1) is 0 Å². The molecule has 0 N–H and O–H groups in total. The zero-order valence-corrected chi connectivity index (χ0v) is 67.2. The third-order valence-electron chi connectivity index (χ3n) is 25.9. The topological polar surface area (TPSA) is 3.24 Å². The lowest BCUT2D eigenvalue weighted by atomic mass is 9.69. The summed E-state index contributed by atoms with van der Waals surface area (Å²) in [7, 11) is 0. The van der Waals surface area contributed by atoms with E-state index in [1.807, 2.05) is 0 Å². The molecule has 0 aromatic heterocycles. The van der Waals surface area contributed by atoms with Crippen molar-refractivity contribution in [1.82, 2.24) is 0 Å². The molecule has 0 atom stereocenters. The number of fused-ring (bicyclic) bond motifs is 9. The van der Waals surface area contributed by atoms with Gasteiger partial charge in [-0.25, -0.2) is 0 Å². The summed E-state index contributed by atoms with van der Waals surface area (Å²) in [4.78, 5) is 2.39. The molecule has 0 unspecified atom stereocenters. The predicted octanol–water partition coefficient (Wildman–Crippen LogP) is 33.5. The van der Waals surface area contributed by atoms with Gasteiger partial charge < -0.3 is 4.90 Å². The van der Waals surface area contributed by atoms with Crippen LogP contribution in [-0.2, 0) is 16.2 Å². The smallest absolute Gasteiger partial charge is 0.0462 e. The number of unbranched alkanes of at least 4 members (excludes halogenated alkanes) is 30. The molecule has 12 rings (SSSR count). The predicted molar refractivity (Wildman–Crippen MR) is 464 cm³/mol. The van der Waals surface area contributed by atoms with Crippen molar-refractivity contribution in [3.05, 3.63) is 234 Å². The third kappa shape index (κ3) is 18.2. The second kappa shape index (κ2) is 39.8. The fourth-order valence-corrected chi connectivity index (χ4v) is 20.0. The lowest BCUT2D eigenvalue weighted by Gasteiger charge is -2.34. The molecule has 9 aromatic rings. The standard InChI is InChI=1S/C105H135N/c1-7-13-19-25-31-45-71-103(72-46-32-26-20-14-8-2)97-56-44-43-55-91(97)92-67-60-84(78-98(92)103)85-61-69-95-96-70-63-87(81-102(96)105(101(95)79-85,75-49-35-29-23-17-11-5)76-50-36-30-24-18-12-6)86-62-68-94-93-66-59-83(82-57-64-90(65-58-82)106(88-51-39-37-40-52-88)89-53-41-38-42-54-89)77-99(93)104(100(94)80-86,73-47-33-27-21-15-9-3)74-48-34-28-22-16-10-4/h37-44,51-70,77-81H,7-36,45-50,71-76H2,1-6H3. The zero-order chi connectivity index (χ0) is 73.2. The highest BCUT2D eigenvalue weighted by Gasteiger charge is 2.46. The van der Waals surface area contributed by atoms with Gasteiger partial charge in [-0.15, -0.1) is 0 Å². The number of para-hydroxylation sites is 2. The van der Waals surface area contributed by atoms with Crippen molar-refractivity contribution in [3.63, 3.8) is 0 Å². The average molecular weight is 1410 g/mol. The fourth-order valence-electron chi connectivity index (χ4n) is 20.0. The summed E-state index contributed by atoms with van der Waals surface area (Å²) in [6, 6.07) is 80.1. The van der Waals surface area contributed by atoms with Gasteiger partial charge in [0.1, 0.15) is 0 Å². The van der Waals surface area contributed by atoms with E-state index in [1.54, 1.807) is 33.4 Å². The van der Waals surface area contributed by atoms with Crippen LogP contribution in [0.25, 0.3) is 66.8 Å². The van der Waals surface area contributed by atoms with Crippen LogP contribution < -0.4 is 4.90 Å². The van der Waals surface area contributed by atoms with Crippen LogP contribution in [-0.4, -0.2) is 0 Å². The van der Waals surface area contributed by atoms with Crippen molar-refractivity contribution >= 4 is 17.1 Å². The molecule has 106 heavy (non-hydrogen) atoms. The molecule has 560 valence electrons. The van der Waals surface area contributed by atoms with Crippen molar-refractivity contribution < 1.29 is 0 Å². The van der Waals surface area contributed by atoms with Gasteiger partial charge in [-0.3, -0.25) is 0 Å². The molecule has 0 fully saturated rings. The van der Waals surface area contributed by atoms with Crippen LogP contribution in [0.5, 0.6) is 0 Å². The Morgan fingerprint density at radius 3 is 0.670 bits per heavy atom. The maximum absolute atomic E-state index is 2.78. The molecule has 0 bridgehead atoms. The maximum Gasteiger partial charge on any atom is 0.0462 e. The Labute approximate surface area is 645 Å². The van der Waals surface area contributed by atoms with Gasteiger partial charge in [0.05, 0.1) is 0 Å². The number of nitrogens with zero attached hydrogens (tertiary/aromatic N) is 1. The largest absolute Gasteiger partial charge is 0.311 e. The lowest BCUT2D eigenvalue weighted by molar-refractivity contribution is 0.397. The molecule has 0 spiro atoms. The van der Waals surface area contributed by atoms with Gasteiger partial charge in [0, 0.05) is 33.3 Å². The number of anilines is 3. The summed E-state index contributed by atoms with van der Waals surface area (Å²) in [5.74, 6) is 0. The summed E-state index contributed by atoms with van der Waals surface area (Å²) in [6.45, 7) is 14.2. The van der Waals surface area contributed by atoms with E-state index in [0.29, 0.717) is 0 Å². The first-order valence-electron chi connectivity index (χ1n) is 44.2. The molecule has 0 saturated heterocycles. The van der Waals surface area contributed by atoms with Crippen LogP contribution in [0.2, 0.25) is 0 Å². The van der Waals surface area contributed by atoms with Gasteiger partial charge in [0.2, 0.25) is 0 Å². The van der Waals surface area contributed by atoms with Crippen LogP contribution in [0.15, 0.2) is 200 Å². The normalized spacial score (nSPS) is 13.9. The van der Waals surface area contributed by atoms with E-state index in [-0.39, 0.29) is 16.2 Å². The summed E-state index contributed by atoms with van der Waals surface area (Å²) in [6.07, 6.45) is 54.9. The molecule has 0 radical (unpaired) electrons. The minimum absolute atomic E-state index is 0.0497. The van der Waals surface area contributed by atoms with Crippen molar-refractivity contribution in [2.24, 2.45) is 0 Å². The van der Waals surface area contributed by atoms with E-state index in [4.69, 9.17) is 0 Å². The molecule has 9 aromatic carbocycles. The number of rotatable bonds is 48. The first-order chi connectivity index (χ1) is 52.3. The number of hydrogen-bond acceptors (Lipinski definition) is 1. The van der Waals surface area contributed by atoms with Gasteiger partial charge in [-0.2, -0.15) is 0 Å². The molecule has 0 amide bonds. The Kier molecular flexibility index (Phi) is 29.4. The van der Waals surface area contributed by atoms with E-state index < -0.39 is 0 Å². The van der Waals surface area contributed by atoms with Crippen molar-refractivity contribution in [2.45, 2.75) is 327 Å². The van der Waals surface area contributed by atoms with E-state index in [0.717, 1.165) is 0 Å².